The summed E-state index contributed by atoms with van der Waals surface area (Å²) in [6.45, 7) is -0.630. The molecular formula is C26H21F5N6O3. The molecule has 0 amide bonds. The second-order valence-electron chi connectivity index (χ2n) is 9.53. The first-order chi connectivity index (χ1) is 19.2. The van der Waals surface area contributed by atoms with Crippen LogP contribution in [0.3, 0.4) is 0 Å². The quantitative estimate of drug-likeness (QED) is 0.295. The van der Waals surface area contributed by atoms with Crippen LogP contribution in [0.15, 0.2) is 36.9 Å². The zero-order chi connectivity index (χ0) is 28.1. The molecule has 0 radical (unpaired) electrons. The molecule has 2 fully saturated rings. The molecule has 4 heterocycles. The summed E-state index contributed by atoms with van der Waals surface area (Å²) in [5.74, 6) is -0.510. The van der Waals surface area contributed by atoms with Gasteiger partial charge >= 0.3 is 6.18 Å². The van der Waals surface area contributed by atoms with Gasteiger partial charge in [-0.05, 0) is 30.5 Å². The highest BCUT2D eigenvalue weighted by molar-refractivity contribution is 5.66. The Labute approximate surface area is 223 Å². The molecule has 0 atom stereocenters. The van der Waals surface area contributed by atoms with Crippen LogP contribution in [-0.4, -0.2) is 50.2 Å². The number of rotatable bonds is 8. The van der Waals surface area contributed by atoms with Crippen molar-refractivity contribution in [2.75, 3.05) is 20.3 Å². The fourth-order valence-corrected chi connectivity index (χ4v) is 4.35. The number of methoxy groups -OCH3 is 1. The predicted molar refractivity (Wildman–Crippen MR) is 129 cm³/mol. The molecule has 1 N–H and O–H groups in total. The van der Waals surface area contributed by atoms with Crippen molar-refractivity contribution in [1.82, 2.24) is 29.9 Å². The lowest BCUT2D eigenvalue weighted by Gasteiger charge is -2.34. The third-order valence-corrected chi connectivity index (χ3v) is 6.67. The number of hydrogen-bond donors (Lipinski definition) is 1. The first kappa shape index (κ1) is 26.0. The van der Waals surface area contributed by atoms with Crippen molar-refractivity contribution < 1.29 is 36.2 Å². The average Bonchev–Trinajstić information content (AvgIpc) is 3.65. The van der Waals surface area contributed by atoms with Crippen molar-refractivity contribution in [3.05, 3.63) is 65.3 Å². The Hall–Kier alpha value is -4.20. The monoisotopic (exact) mass is 560 g/mol. The number of benzene rings is 1. The third-order valence-electron chi connectivity index (χ3n) is 6.67. The number of aromatic nitrogens is 6. The number of H-pyrrole nitrogens is 1. The summed E-state index contributed by atoms with van der Waals surface area (Å²) in [5.41, 5.74) is -1.51. The number of halogens is 5. The van der Waals surface area contributed by atoms with Crippen molar-refractivity contribution in [3.8, 4) is 34.5 Å². The van der Waals surface area contributed by atoms with Crippen LogP contribution in [0.2, 0.25) is 0 Å². The van der Waals surface area contributed by atoms with Crippen LogP contribution < -0.4 is 9.47 Å². The standard InChI is InChI=1S/C26H21F5N6O3/c1-38-24-19(20(14-3-4-14)34-12-35-24)22-32-7-16(25(28)10-39-11-25)23(37-22)40-9-13-2-5-15(17(27)6-13)21-33-8-18(36-21)26(29,30)31/h2,5-8,12,14H,3-4,9-11H2,1H3,(H,33,36). The largest absolute Gasteiger partial charge is 0.480 e. The lowest BCUT2D eigenvalue weighted by atomic mass is 9.96. The van der Waals surface area contributed by atoms with Crippen molar-refractivity contribution in [2.45, 2.75) is 37.2 Å². The van der Waals surface area contributed by atoms with E-state index in [0.29, 0.717) is 17.3 Å². The van der Waals surface area contributed by atoms with Gasteiger partial charge in [-0.1, -0.05) is 6.07 Å². The number of alkyl halides is 4. The normalized spacial score (nSPS) is 16.4. The Bertz CT molecular complexity index is 1570. The third kappa shape index (κ3) is 4.83. The van der Waals surface area contributed by atoms with Gasteiger partial charge in [0.05, 0.1) is 43.3 Å². The lowest BCUT2D eigenvalue weighted by Crippen LogP contribution is -2.43. The van der Waals surface area contributed by atoms with E-state index in [4.69, 9.17) is 14.2 Å². The van der Waals surface area contributed by atoms with Gasteiger partial charge in [-0.15, -0.1) is 0 Å². The fourth-order valence-electron chi connectivity index (χ4n) is 4.35. The molecule has 1 saturated heterocycles. The van der Waals surface area contributed by atoms with Gasteiger partial charge in [0.15, 0.2) is 11.5 Å². The average molecular weight is 560 g/mol. The molecule has 3 aromatic heterocycles. The van der Waals surface area contributed by atoms with Crippen LogP contribution in [0.25, 0.3) is 22.8 Å². The molecule has 1 aliphatic carbocycles. The molecule has 4 aromatic rings. The van der Waals surface area contributed by atoms with E-state index in [0.717, 1.165) is 24.6 Å². The smallest absolute Gasteiger partial charge is 0.432 e. The van der Waals surface area contributed by atoms with E-state index < -0.39 is 23.4 Å². The summed E-state index contributed by atoms with van der Waals surface area (Å²) in [5, 5.41) is 0. The van der Waals surface area contributed by atoms with E-state index in [2.05, 4.69) is 29.9 Å². The maximum absolute atomic E-state index is 15.4. The molecule has 0 bridgehead atoms. The predicted octanol–water partition coefficient (Wildman–Crippen LogP) is 5.14. The fraction of sp³-hybridized carbons (Fsp3) is 0.346. The van der Waals surface area contributed by atoms with Crippen LogP contribution in [0.1, 0.15) is 41.3 Å². The van der Waals surface area contributed by atoms with Gasteiger partial charge in [-0.25, -0.2) is 28.7 Å². The van der Waals surface area contributed by atoms with Crippen molar-refractivity contribution in [3.63, 3.8) is 0 Å². The van der Waals surface area contributed by atoms with E-state index >= 15 is 4.39 Å². The van der Waals surface area contributed by atoms with E-state index in [9.17, 15) is 17.6 Å². The molecule has 1 saturated carbocycles. The number of nitrogens with zero attached hydrogens (tertiary/aromatic N) is 5. The second kappa shape index (κ2) is 9.77. The maximum atomic E-state index is 15.4. The Kier molecular flexibility index (Phi) is 6.36. The molecule has 6 rings (SSSR count). The lowest BCUT2D eigenvalue weighted by molar-refractivity contribution is -0.140. The van der Waals surface area contributed by atoms with E-state index in [-0.39, 0.29) is 60.3 Å². The Morgan fingerprint density at radius 2 is 1.88 bits per heavy atom. The van der Waals surface area contributed by atoms with E-state index in [1.807, 2.05) is 0 Å². The first-order valence-electron chi connectivity index (χ1n) is 12.2. The molecule has 208 valence electrons. The molecule has 1 aromatic carbocycles. The Morgan fingerprint density at radius 3 is 2.50 bits per heavy atom. The molecule has 1 aliphatic heterocycles. The topological polar surface area (TPSA) is 108 Å². The van der Waals surface area contributed by atoms with Crippen LogP contribution in [0, 0.1) is 5.82 Å². The summed E-state index contributed by atoms with van der Waals surface area (Å²) >= 11 is 0. The van der Waals surface area contributed by atoms with Gasteiger partial charge in [0, 0.05) is 12.1 Å². The minimum Gasteiger partial charge on any atom is -0.480 e. The molecule has 0 spiro atoms. The number of hydrogen-bond acceptors (Lipinski definition) is 8. The second-order valence-corrected chi connectivity index (χ2v) is 9.53. The molecule has 0 unspecified atom stereocenters. The summed E-state index contributed by atoms with van der Waals surface area (Å²) in [7, 11) is 1.46. The van der Waals surface area contributed by atoms with Gasteiger partial charge in [-0.3, -0.25) is 0 Å². The highest BCUT2D eigenvalue weighted by Crippen LogP contribution is 2.46. The zero-order valence-corrected chi connectivity index (χ0v) is 20.9. The molecular weight excluding hydrogens is 539 g/mol. The summed E-state index contributed by atoms with van der Waals surface area (Å²) < 4.78 is 85.3. The molecule has 40 heavy (non-hydrogen) atoms. The molecule has 9 nitrogen and oxygen atoms in total. The maximum Gasteiger partial charge on any atom is 0.432 e. The van der Waals surface area contributed by atoms with Gasteiger partial charge < -0.3 is 19.2 Å². The van der Waals surface area contributed by atoms with E-state index in [1.54, 1.807) is 0 Å². The van der Waals surface area contributed by atoms with Crippen molar-refractivity contribution in [1.29, 1.82) is 0 Å². The van der Waals surface area contributed by atoms with E-state index in [1.165, 1.54) is 31.8 Å². The summed E-state index contributed by atoms with van der Waals surface area (Å²) in [6.07, 6.45) is 0.556. The highest BCUT2D eigenvalue weighted by atomic mass is 19.4. The zero-order valence-electron chi connectivity index (χ0n) is 20.9. The number of ether oxygens (including phenoxy) is 3. The van der Waals surface area contributed by atoms with Crippen LogP contribution in [0.5, 0.6) is 11.8 Å². The van der Waals surface area contributed by atoms with Crippen molar-refractivity contribution in [2.24, 2.45) is 0 Å². The number of imidazole rings is 1. The van der Waals surface area contributed by atoms with Gasteiger partial charge in [0.1, 0.15) is 35.8 Å². The van der Waals surface area contributed by atoms with Gasteiger partial charge in [-0.2, -0.15) is 18.2 Å². The van der Waals surface area contributed by atoms with Crippen LogP contribution >= 0.6 is 0 Å². The van der Waals surface area contributed by atoms with Crippen LogP contribution in [-0.2, 0) is 23.2 Å². The minimum atomic E-state index is -4.64. The summed E-state index contributed by atoms with van der Waals surface area (Å²) in [4.78, 5) is 23.1. The SMILES string of the molecule is COc1ncnc(C2CC2)c1-c1ncc(C2(F)COC2)c(OCc2ccc(-c3ncc(C(F)(F)F)[nH]3)c(F)c2)n1. The molecule has 2 aliphatic rings. The van der Waals surface area contributed by atoms with Gasteiger partial charge in [0.2, 0.25) is 11.8 Å². The van der Waals surface area contributed by atoms with Crippen LogP contribution in [0.4, 0.5) is 22.0 Å². The highest BCUT2D eigenvalue weighted by Gasteiger charge is 2.44. The minimum absolute atomic E-state index is 0.0682. The number of aromatic amines is 1. The Balaban J connectivity index is 1.30. The first-order valence-corrected chi connectivity index (χ1v) is 12.2. The van der Waals surface area contributed by atoms with Gasteiger partial charge in [0.25, 0.3) is 0 Å². The number of nitrogens with one attached hydrogen (secondary N) is 1. The summed E-state index contributed by atoms with van der Waals surface area (Å²) in [6, 6.07) is 3.85. The molecule has 14 heteroatoms. The van der Waals surface area contributed by atoms with Crippen molar-refractivity contribution >= 4 is 0 Å². The Morgan fingerprint density at radius 1 is 1.07 bits per heavy atom.